The monoisotopic (exact) mass is 571 g/mol. The molecule has 2 aromatic heterocycles. The molecule has 0 saturated carbocycles. The fraction of sp³-hybridized carbons (Fsp3) is 0.385. The van der Waals surface area contributed by atoms with Gasteiger partial charge in [0.1, 0.15) is 0 Å². The average Bonchev–Trinajstić information content (AvgIpc) is 3.18. The molecule has 6 nitrogen and oxygen atoms in total. The van der Waals surface area contributed by atoms with Crippen molar-refractivity contribution in [2.75, 3.05) is 44.2 Å². The van der Waals surface area contributed by atoms with Crippen molar-refractivity contribution in [2.24, 2.45) is 0 Å². The van der Waals surface area contributed by atoms with Crippen molar-refractivity contribution < 1.29 is 4.79 Å². The van der Waals surface area contributed by atoms with Crippen molar-refractivity contribution in [2.45, 2.75) is 26.8 Å². The molecule has 0 radical (unpaired) electrons. The van der Waals surface area contributed by atoms with E-state index in [1.54, 1.807) is 6.20 Å². The molecule has 0 atom stereocenters. The van der Waals surface area contributed by atoms with Gasteiger partial charge in [-0.3, -0.25) is 14.7 Å². The molecule has 3 heterocycles. The summed E-state index contributed by atoms with van der Waals surface area (Å²) in [5, 5.41) is 4.31. The summed E-state index contributed by atoms with van der Waals surface area (Å²) in [7, 11) is 0. The first-order chi connectivity index (χ1) is 16.5. The van der Waals surface area contributed by atoms with Crippen LogP contribution in [-0.4, -0.2) is 59.6 Å². The maximum Gasteiger partial charge on any atom is 0.253 e. The summed E-state index contributed by atoms with van der Waals surface area (Å²) < 4.78 is 2.19. The Labute approximate surface area is 235 Å². The molecule has 0 spiro atoms. The van der Waals surface area contributed by atoms with Gasteiger partial charge in [0.2, 0.25) is 0 Å². The Bertz CT molecular complexity index is 1130. The van der Waals surface area contributed by atoms with Gasteiger partial charge in [-0.25, -0.2) is 0 Å². The van der Waals surface area contributed by atoms with Crippen molar-refractivity contribution in [3.05, 3.63) is 70.0 Å². The van der Waals surface area contributed by atoms with Crippen LogP contribution in [0.4, 0.5) is 5.69 Å². The summed E-state index contributed by atoms with van der Waals surface area (Å²) in [6.45, 7) is 9.99. The number of hydrogen-bond acceptors (Lipinski definition) is 4. The second-order valence-corrected chi connectivity index (χ2v) is 9.34. The number of carbonyl (C=O) groups is 1. The summed E-state index contributed by atoms with van der Waals surface area (Å²) in [5.41, 5.74) is 4.55. The first-order valence-electron chi connectivity index (χ1n) is 11.8. The van der Waals surface area contributed by atoms with Crippen LogP contribution in [0, 0.1) is 6.92 Å². The molecular weight excluding hydrogens is 540 g/mol. The zero-order valence-corrected chi connectivity index (χ0v) is 23.7. The van der Waals surface area contributed by atoms with Gasteiger partial charge in [0, 0.05) is 57.7 Å². The zero-order chi connectivity index (χ0) is 24.1. The summed E-state index contributed by atoms with van der Waals surface area (Å²) in [5.74, 6) is -0.0334. The molecule has 1 saturated heterocycles. The number of halogens is 4. The van der Waals surface area contributed by atoms with Gasteiger partial charge in [0.15, 0.2) is 0 Å². The summed E-state index contributed by atoms with van der Waals surface area (Å²) in [4.78, 5) is 22.1. The van der Waals surface area contributed by atoms with Crippen LogP contribution in [0.3, 0.4) is 0 Å². The van der Waals surface area contributed by atoms with E-state index in [1.165, 1.54) is 0 Å². The quantitative estimate of drug-likeness (QED) is 0.361. The lowest BCUT2D eigenvalue weighted by molar-refractivity contribution is 0.0947. The Morgan fingerprint density at radius 3 is 2.44 bits per heavy atom. The lowest BCUT2D eigenvalue weighted by atomic mass is 10.2. The highest BCUT2D eigenvalue weighted by Gasteiger charge is 2.21. The minimum absolute atomic E-state index is 0. The number of nitrogens with one attached hydrogen (secondary N) is 1. The Morgan fingerprint density at radius 2 is 1.78 bits per heavy atom. The number of aromatic nitrogens is 2. The van der Waals surface area contributed by atoms with E-state index in [2.05, 4.69) is 31.6 Å². The third kappa shape index (κ3) is 6.87. The van der Waals surface area contributed by atoms with Crippen LogP contribution >= 0.6 is 48.0 Å². The predicted octanol–water partition coefficient (Wildman–Crippen LogP) is 5.97. The number of rotatable bonds is 8. The first-order valence-corrected chi connectivity index (χ1v) is 12.6. The van der Waals surface area contributed by atoms with Crippen LogP contribution in [0.1, 0.15) is 29.4 Å². The molecule has 36 heavy (non-hydrogen) atoms. The summed E-state index contributed by atoms with van der Waals surface area (Å²) in [6, 6.07) is 13.6. The predicted molar refractivity (Wildman–Crippen MR) is 155 cm³/mol. The molecular formula is C26H33Cl4N5O. The van der Waals surface area contributed by atoms with Gasteiger partial charge in [-0.1, -0.05) is 42.3 Å². The standard InChI is InChI=1S/C26H31Cl2N5O.2ClH/c1-3-12-33-19(2)20(18-24(33)22-8-4-5-10-29-22)26(34)30-11-13-31-14-16-32(17-15-31)23-9-6-7-21(27)25(23)28;;/h4-10,18H,3,11-17H2,1-2H3,(H,30,34);2*1H. The minimum Gasteiger partial charge on any atom is -0.368 e. The van der Waals surface area contributed by atoms with Crippen molar-refractivity contribution in [3.63, 3.8) is 0 Å². The van der Waals surface area contributed by atoms with E-state index >= 15 is 0 Å². The van der Waals surface area contributed by atoms with Gasteiger partial charge in [0.05, 0.1) is 32.7 Å². The number of pyridine rings is 1. The van der Waals surface area contributed by atoms with Crippen LogP contribution in [0.2, 0.25) is 10.0 Å². The third-order valence-corrected chi connectivity index (χ3v) is 7.15. The lowest BCUT2D eigenvalue weighted by Gasteiger charge is -2.36. The molecule has 0 aliphatic carbocycles. The minimum atomic E-state index is -0.0334. The van der Waals surface area contributed by atoms with Gasteiger partial charge in [-0.2, -0.15) is 0 Å². The SMILES string of the molecule is CCCn1c(-c2ccccn2)cc(C(=O)NCCN2CCN(c3cccc(Cl)c3Cl)CC2)c1C.Cl.Cl. The lowest BCUT2D eigenvalue weighted by Crippen LogP contribution is -2.48. The molecule has 10 heteroatoms. The molecule has 0 unspecified atom stereocenters. The maximum absolute atomic E-state index is 13.0. The number of carbonyl (C=O) groups excluding carboxylic acids is 1. The molecule has 1 fully saturated rings. The molecule has 1 aliphatic heterocycles. The van der Waals surface area contributed by atoms with E-state index in [-0.39, 0.29) is 30.7 Å². The molecule has 4 rings (SSSR count). The smallest absolute Gasteiger partial charge is 0.253 e. The molecule has 1 aliphatic rings. The van der Waals surface area contributed by atoms with Crippen molar-refractivity contribution in [1.29, 1.82) is 0 Å². The fourth-order valence-corrected chi connectivity index (χ4v) is 4.90. The normalized spacial score (nSPS) is 13.6. The largest absolute Gasteiger partial charge is 0.368 e. The number of amides is 1. The van der Waals surface area contributed by atoms with E-state index in [4.69, 9.17) is 23.2 Å². The van der Waals surface area contributed by atoms with Crippen molar-refractivity contribution in [3.8, 4) is 11.4 Å². The zero-order valence-electron chi connectivity index (χ0n) is 20.5. The van der Waals surface area contributed by atoms with E-state index in [0.29, 0.717) is 16.6 Å². The van der Waals surface area contributed by atoms with Gasteiger partial charge < -0.3 is 14.8 Å². The maximum atomic E-state index is 13.0. The van der Waals surface area contributed by atoms with Crippen molar-refractivity contribution in [1.82, 2.24) is 19.8 Å². The Hall–Kier alpha value is -1.96. The van der Waals surface area contributed by atoms with Crippen LogP contribution in [0.5, 0.6) is 0 Å². The second kappa shape index (κ2) is 14.1. The topological polar surface area (TPSA) is 53.4 Å². The van der Waals surface area contributed by atoms with Gasteiger partial charge in [-0.15, -0.1) is 24.8 Å². The first kappa shape index (κ1) is 30.3. The van der Waals surface area contributed by atoms with E-state index in [9.17, 15) is 4.79 Å². The van der Waals surface area contributed by atoms with Crippen LogP contribution in [0.15, 0.2) is 48.7 Å². The summed E-state index contributed by atoms with van der Waals surface area (Å²) >= 11 is 12.6. The Balaban J connectivity index is 0.00000228. The molecule has 3 aromatic rings. The average molecular weight is 573 g/mol. The van der Waals surface area contributed by atoms with E-state index < -0.39 is 0 Å². The molecule has 1 N–H and O–H groups in total. The van der Waals surface area contributed by atoms with Gasteiger partial charge in [-0.05, 0) is 43.7 Å². The van der Waals surface area contributed by atoms with Crippen molar-refractivity contribution >= 4 is 59.6 Å². The van der Waals surface area contributed by atoms with Crippen LogP contribution in [0.25, 0.3) is 11.4 Å². The highest BCUT2D eigenvalue weighted by Crippen LogP contribution is 2.32. The van der Waals surface area contributed by atoms with E-state index in [0.717, 1.165) is 74.0 Å². The number of benzene rings is 1. The van der Waals surface area contributed by atoms with Crippen LogP contribution in [-0.2, 0) is 6.54 Å². The highest BCUT2D eigenvalue weighted by atomic mass is 35.5. The molecule has 1 aromatic carbocycles. The molecule has 0 bridgehead atoms. The number of nitrogens with zero attached hydrogens (tertiary/aromatic N) is 4. The summed E-state index contributed by atoms with van der Waals surface area (Å²) in [6.07, 6.45) is 2.77. The number of hydrogen-bond donors (Lipinski definition) is 1. The Kier molecular flexibility index (Phi) is 11.9. The molecule has 1 amide bonds. The number of piperazine rings is 1. The number of anilines is 1. The third-order valence-electron chi connectivity index (χ3n) is 6.34. The fourth-order valence-electron chi connectivity index (χ4n) is 4.49. The van der Waals surface area contributed by atoms with Crippen LogP contribution < -0.4 is 10.2 Å². The highest BCUT2D eigenvalue weighted by molar-refractivity contribution is 6.43. The molecule has 196 valence electrons. The van der Waals surface area contributed by atoms with Gasteiger partial charge in [0.25, 0.3) is 5.91 Å². The second-order valence-electron chi connectivity index (χ2n) is 8.55. The van der Waals surface area contributed by atoms with E-state index in [1.807, 2.05) is 49.4 Å². The van der Waals surface area contributed by atoms with Gasteiger partial charge >= 0.3 is 0 Å². The Morgan fingerprint density at radius 1 is 1.03 bits per heavy atom.